The monoisotopic (exact) mass is 642 g/mol. The van der Waals surface area contributed by atoms with Gasteiger partial charge in [0.05, 0.1) is 23.8 Å². The molecule has 1 amide bonds. The van der Waals surface area contributed by atoms with E-state index in [2.05, 4.69) is 5.32 Å². The minimum atomic E-state index is -0.536. The Labute approximate surface area is 280 Å². The Hall–Kier alpha value is -5.89. The minimum absolute atomic E-state index is 0.0478. The quantitative estimate of drug-likeness (QED) is 0.0712. The number of hydrogen-bond donors (Lipinski definition) is 1. The van der Waals surface area contributed by atoms with Crippen molar-refractivity contribution in [3.63, 3.8) is 0 Å². The number of ether oxygens (including phenoxy) is 3. The van der Waals surface area contributed by atoms with Gasteiger partial charge in [-0.1, -0.05) is 97.9 Å². The molecule has 0 radical (unpaired) electrons. The third kappa shape index (κ3) is 9.56. The summed E-state index contributed by atoms with van der Waals surface area (Å²) < 4.78 is 17.4. The summed E-state index contributed by atoms with van der Waals surface area (Å²) in [6.45, 7) is 3.28. The molecule has 8 nitrogen and oxygen atoms in total. The van der Waals surface area contributed by atoms with E-state index in [-0.39, 0.29) is 12.5 Å². The average molecular weight is 643 g/mol. The zero-order valence-corrected chi connectivity index (χ0v) is 26.8. The van der Waals surface area contributed by atoms with E-state index in [9.17, 15) is 14.4 Å². The predicted octanol–water partition coefficient (Wildman–Crippen LogP) is 7.67. The number of nitrogens with one attached hydrogen (secondary N) is 1. The molecule has 5 aromatic rings. The van der Waals surface area contributed by atoms with Crippen molar-refractivity contribution in [2.45, 2.75) is 19.9 Å². The Morgan fingerprint density at radius 3 is 1.90 bits per heavy atom. The summed E-state index contributed by atoms with van der Waals surface area (Å²) in [7, 11) is 0. The van der Waals surface area contributed by atoms with E-state index >= 15 is 0 Å². The van der Waals surface area contributed by atoms with Crippen LogP contribution in [0.25, 0.3) is 0 Å². The Bertz CT molecular complexity index is 1780. The lowest BCUT2D eigenvalue weighted by atomic mass is 10.1. The zero-order chi connectivity index (χ0) is 33.6. The summed E-state index contributed by atoms with van der Waals surface area (Å²) in [5.74, 6) is -0.389. The van der Waals surface area contributed by atoms with Gasteiger partial charge < -0.3 is 24.4 Å². The molecule has 0 aliphatic rings. The summed E-state index contributed by atoms with van der Waals surface area (Å²) in [5, 5.41) is 3.20. The molecule has 0 bridgehead atoms. The van der Waals surface area contributed by atoms with Crippen LogP contribution in [0.15, 0.2) is 140 Å². The number of rotatable bonds is 15. The van der Waals surface area contributed by atoms with E-state index in [0.29, 0.717) is 60.2 Å². The number of anilines is 1. The van der Waals surface area contributed by atoms with Crippen molar-refractivity contribution in [2.75, 3.05) is 25.0 Å². The maximum Gasteiger partial charge on any atom is 0.343 e. The molecule has 0 aliphatic carbocycles. The van der Waals surface area contributed by atoms with Gasteiger partial charge in [0, 0.05) is 25.2 Å². The van der Waals surface area contributed by atoms with Crippen LogP contribution in [0.3, 0.4) is 0 Å². The largest absolute Gasteiger partial charge is 0.490 e. The minimum Gasteiger partial charge on any atom is -0.490 e. The molecule has 5 aromatic carbocycles. The lowest BCUT2D eigenvalue weighted by molar-refractivity contribution is -0.138. The molecule has 0 saturated carbocycles. The number of amides is 1. The fourth-order valence-corrected chi connectivity index (χ4v) is 4.90. The van der Waals surface area contributed by atoms with E-state index in [0.717, 1.165) is 5.56 Å². The Morgan fingerprint density at radius 1 is 0.646 bits per heavy atom. The van der Waals surface area contributed by atoms with Gasteiger partial charge in [-0.05, 0) is 60.5 Å². The molecular weight excluding hydrogens is 604 g/mol. The Kier molecular flexibility index (Phi) is 12.0. The fourth-order valence-electron chi connectivity index (χ4n) is 4.90. The van der Waals surface area contributed by atoms with E-state index < -0.39 is 17.9 Å². The second-order valence-corrected chi connectivity index (χ2v) is 11.2. The maximum absolute atomic E-state index is 13.3. The van der Waals surface area contributed by atoms with Crippen LogP contribution in [0, 0.1) is 5.92 Å². The van der Waals surface area contributed by atoms with Crippen molar-refractivity contribution in [2.24, 2.45) is 5.92 Å². The van der Waals surface area contributed by atoms with Gasteiger partial charge in [-0.15, -0.1) is 0 Å². The Morgan fingerprint density at radius 2 is 1.21 bits per heavy atom. The average Bonchev–Trinajstić information content (AvgIpc) is 3.13. The fraction of sp³-hybridized carbons (Fsp3) is 0.175. The highest BCUT2D eigenvalue weighted by molar-refractivity contribution is 5.94. The van der Waals surface area contributed by atoms with Crippen molar-refractivity contribution in [3.05, 3.63) is 156 Å². The molecule has 0 saturated heterocycles. The topological polar surface area (TPSA) is 94.2 Å². The first-order valence-corrected chi connectivity index (χ1v) is 15.9. The lowest BCUT2D eigenvalue weighted by Gasteiger charge is -2.23. The van der Waals surface area contributed by atoms with Crippen LogP contribution in [0.2, 0.25) is 0 Å². The molecule has 1 unspecified atom stereocenters. The smallest absolute Gasteiger partial charge is 0.343 e. The summed E-state index contributed by atoms with van der Waals surface area (Å²) in [6, 6.07) is 41.9. The van der Waals surface area contributed by atoms with Crippen LogP contribution in [0.1, 0.15) is 39.6 Å². The number of carbonyl (C=O) groups is 3. The van der Waals surface area contributed by atoms with Gasteiger partial charge in [0.2, 0.25) is 0 Å². The van der Waals surface area contributed by atoms with Crippen LogP contribution in [-0.4, -0.2) is 42.4 Å². The molecule has 0 aromatic heterocycles. The highest BCUT2D eigenvalue weighted by atomic mass is 16.6. The summed E-state index contributed by atoms with van der Waals surface area (Å²) in [4.78, 5) is 40.8. The summed E-state index contributed by atoms with van der Waals surface area (Å²) in [5.41, 5.74) is 2.69. The first-order valence-electron chi connectivity index (χ1n) is 15.9. The van der Waals surface area contributed by atoms with Gasteiger partial charge in [0.1, 0.15) is 0 Å². The lowest BCUT2D eigenvalue weighted by Crippen LogP contribution is -2.32. The van der Waals surface area contributed by atoms with Gasteiger partial charge in [-0.3, -0.25) is 9.59 Å². The summed E-state index contributed by atoms with van der Waals surface area (Å²) in [6.07, 6.45) is 0.572. The first-order chi connectivity index (χ1) is 23.5. The second-order valence-electron chi connectivity index (χ2n) is 11.2. The molecule has 0 spiro atoms. The highest BCUT2D eigenvalue weighted by Crippen LogP contribution is 2.28. The van der Waals surface area contributed by atoms with Gasteiger partial charge in [-0.25, -0.2) is 4.79 Å². The van der Waals surface area contributed by atoms with Crippen LogP contribution >= 0.6 is 0 Å². The molecule has 8 heteroatoms. The molecule has 0 heterocycles. The predicted molar refractivity (Wildman–Crippen MR) is 185 cm³/mol. The van der Waals surface area contributed by atoms with Gasteiger partial charge in [0.25, 0.3) is 5.91 Å². The number of benzene rings is 5. The molecule has 244 valence electrons. The normalized spacial score (nSPS) is 11.2. The van der Waals surface area contributed by atoms with Crippen LogP contribution in [-0.2, 0) is 11.3 Å². The number of esters is 2. The van der Waals surface area contributed by atoms with Crippen molar-refractivity contribution in [1.82, 2.24) is 4.90 Å². The molecule has 1 atom stereocenters. The number of nitrogens with zero attached hydrogens (tertiary/aromatic N) is 1. The second kappa shape index (κ2) is 17.1. The molecule has 0 aliphatic heterocycles. The molecule has 48 heavy (non-hydrogen) atoms. The van der Waals surface area contributed by atoms with Crippen molar-refractivity contribution >= 4 is 23.5 Å². The van der Waals surface area contributed by atoms with Crippen LogP contribution in [0.5, 0.6) is 17.2 Å². The first kappa shape index (κ1) is 33.5. The molecule has 5 rings (SSSR count). The van der Waals surface area contributed by atoms with E-state index in [1.54, 1.807) is 67.6 Å². The molecular formula is C40H38N2O6. The van der Waals surface area contributed by atoms with Crippen molar-refractivity contribution in [1.29, 1.82) is 0 Å². The SMILES string of the molecule is CC(CNc1ccccc1OC(=O)c1ccccc1)C(=O)Oc1ccccc1OCCCN(Cc1ccccc1)C(=O)c1ccccc1. The van der Waals surface area contributed by atoms with E-state index in [4.69, 9.17) is 14.2 Å². The molecule has 1 N–H and O–H groups in total. The van der Waals surface area contributed by atoms with E-state index in [1.165, 1.54) is 0 Å². The third-order valence-corrected chi connectivity index (χ3v) is 7.51. The number of hydrogen-bond acceptors (Lipinski definition) is 7. The van der Waals surface area contributed by atoms with Crippen LogP contribution < -0.4 is 19.5 Å². The standard InChI is InChI=1S/C40H38N2O6/c1-30(28-41-34-22-11-12-23-35(34)47-40(45)33-20-9-4-10-21-33)39(44)48-37-25-14-13-24-36(37)46-27-15-26-42(29-31-16-5-2-6-17-31)38(43)32-18-7-3-8-19-32/h2-14,16-25,30,41H,15,26-29H2,1H3. The third-order valence-electron chi connectivity index (χ3n) is 7.51. The maximum atomic E-state index is 13.3. The molecule has 0 fully saturated rings. The zero-order valence-electron chi connectivity index (χ0n) is 26.8. The van der Waals surface area contributed by atoms with E-state index in [1.807, 2.05) is 83.8 Å². The van der Waals surface area contributed by atoms with Crippen molar-refractivity contribution in [3.8, 4) is 17.2 Å². The van der Waals surface area contributed by atoms with Crippen LogP contribution in [0.4, 0.5) is 5.69 Å². The van der Waals surface area contributed by atoms with Gasteiger partial charge in [0.15, 0.2) is 17.2 Å². The number of para-hydroxylation sites is 4. The number of carbonyl (C=O) groups excluding carboxylic acids is 3. The summed E-state index contributed by atoms with van der Waals surface area (Å²) >= 11 is 0. The van der Waals surface area contributed by atoms with Gasteiger partial charge in [-0.2, -0.15) is 0 Å². The highest BCUT2D eigenvalue weighted by Gasteiger charge is 2.20. The van der Waals surface area contributed by atoms with Gasteiger partial charge >= 0.3 is 11.9 Å². The van der Waals surface area contributed by atoms with Crippen molar-refractivity contribution < 1.29 is 28.6 Å². The Balaban J connectivity index is 1.14.